The molecule has 1 aromatic rings. The van der Waals surface area contributed by atoms with Crippen LogP contribution >= 0.6 is 0 Å². The lowest BCUT2D eigenvalue weighted by molar-refractivity contribution is 0.333. The summed E-state index contributed by atoms with van der Waals surface area (Å²) in [6.07, 6.45) is 0. The summed E-state index contributed by atoms with van der Waals surface area (Å²) < 4.78 is 5.63. The molecule has 0 spiro atoms. The molecule has 0 heterocycles. The summed E-state index contributed by atoms with van der Waals surface area (Å²) in [5.74, 6) is 0.943. The van der Waals surface area contributed by atoms with Crippen LogP contribution in [0.25, 0.3) is 0 Å². The number of para-hydroxylation sites is 1. The molecule has 88 valence electrons. The zero-order valence-electron chi connectivity index (χ0n) is 10.4. The van der Waals surface area contributed by atoms with Crippen molar-refractivity contribution in [2.75, 3.05) is 13.2 Å². The molecule has 0 aliphatic carbocycles. The van der Waals surface area contributed by atoms with Gasteiger partial charge in [-0.05, 0) is 26.5 Å². The molecule has 0 amide bonds. The summed E-state index contributed by atoms with van der Waals surface area (Å²) in [7, 11) is 0. The Morgan fingerprint density at radius 2 is 2.06 bits per heavy atom. The summed E-state index contributed by atoms with van der Waals surface area (Å²) in [5, 5.41) is 3.42. The molecule has 0 radical (unpaired) electrons. The van der Waals surface area contributed by atoms with Gasteiger partial charge in [-0.2, -0.15) is 0 Å². The molecule has 0 saturated carbocycles. The van der Waals surface area contributed by atoms with Crippen LogP contribution in [0.5, 0.6) is 5.75 Å². The minimum atomic E-state index is 0.174. The number of ether oxygens (including phenoxy) is 1. The Hall–Kier alpha value is -1.28. The third kappa shape index (κ3) is 3.11. The first-order chi connectivity index (χ1) is 7.70. The maximum Gasteiger partial charge on any atom is 0.124 e. The maximum atomic E-state index is 5.63. The van der Waals surface area contributed by atoms with Crippen LogP contribution < -0.4 is 10.1 Å². The van der Waals surface area contributed by atoms with Gasteiger partial charge < -0.3 is 10.1 Å². The first-order valence-electron chi connectivity index (χ1n) is 5.81. The highest BCUT2D eigenvalue weighted by Gasteiger charge is 2.15. The molecule has 1 N–H and O–H groups in total. The van der Waals surface area contributed by atoms with Crippen molar-refractivity contribution < 1.29 is 4.74 Å². The zero-order valence-corrected chi connectivity index (χ0v) is 10.4. The zero-order chi connectivity index (χ0) is 12.0. The van der Waals surface area contributed by atoms with Gasteiger partial charge in [0.25, 0.3) is 0 Å². The minimum absolute atomic E-state index is 0.174. The Kier molecular flexibility index (Phi) is 5.06. The number of benzene rings is 1. The lowest BCUT2D eigenvalue weighted by atomic mass is 10.00. The van der Waals surface area contributed by atoms with E-state index in [4.69, 9.17) is 4.74 Å². The van der Waals surface area contributed by atoms with Crippen molar-refractivity contribution >= 4 is 0 Å². The molecule has 1 unspecified atom stereocenters. The summed E-state index contributed by atoms with van der Waals surface area (Å²) in [5.41, 5.74) is 2.27. The molecular formula is C14H21NO. The van der Waals surface area contributed by atoms with E-state index in [1.807, 2.05) is 32.0 Å². The van der Waals surface area contributed by atoms with Crippen molar-refractivity contribution in [1.82, 2.24) is 5.32 Å². The molecule has 16 heavy (non-hydrogen) atoms. The van der Waals surface area contributed by atoms with E-state index in [0.717, 1.165) is 17.9 Å². The van der Waals surface area contributed by atoms with Crippen molar-refractivity contribution in [3.8, 4) is 5.75 Å². The number of hydrogen-bond donors (Lipinski definition) is 1. The lowest BCUT2D eigenvalue weighted by Crippen LogP contribution is -2.22. The average Bonchev–Trinajstić information content (AvgIpc) is 2.27. The Labute approximate surface area is 98.3 Å². The lowest BCUT2D eigenvalue weighted by Gasteiger charge is -2.21. The average molecular weight is 219 g/mol. The van der Waals surface area contributed by atoms with Crippen LogP contribution in [0, 0.1) is 0 Å². The van der Waals surface area contributed by atoms with Crippen LogP contribution in [0.2, 0.25) is 0 Å². The molecule has 0 aliphatic heterocycles. The molecule has 0 aliphatic rings. The van der Waals surface area contributed by atoms with Crippen molar-refractivity contribution in [3.05, 3.63) is 42.0 Å². The smallest absolute Gasteiger partial charge is 0.124 e. The van der Waals surface area contributed by atoms with Gasteiger partial charge in [-0.1, -0.05) is 37.3 Å². The Morgan fingerprint density at radius 1 is 1.38 bits per heavy atom. The predicted octanol–water partition coefficient (Wildman–Crippen LogP) is 3.31. The molecule has 0 saturated heterocycles. The molecule has 0 aromatic heterocycles. The third-order valence-corrected chi connectivity index (χ3v) is 2.43. The number of likely N-dealkylation sites (N-methyl/N-ethyl adjacent to an activating group) is 1. The quantitative estimate of drug-likeness (QED) is 0.741. The summed E-state index contributed by atoms with van der Waals surface area (Å²) in [4.78, 5) is 0. The standard InChI is InChI=1S/C14H21NO/c1-5-15-14(11(3)4)12-9-7-8-10-13(12)16-6-2/h7-10,14-15H,3,5-6H2,1-2,4H3. The number of rotatable bonds is 6. The number of hydrogen-bond acceptors (Lipinski definition) is 2. The van der Waals surface area contributed by atoms with Gasteiger partial charge in [-0.15, -0.1) is 0 Å². The molecule has 1 atom stereocenters. The van der Waals surface area contributed by atoms with Crippen molar-refractivity contribution in [2.24, 2.45) is 0 Å². The molecule has 1 rings (SSSR count). The van der Waals surface area contributed by atoms with Gasteiger partial charge in [0.05, 0.1) is 12.6 Å². The second-order valence-corrected chi connectivity index (χ2v) is 3.81. The molecule has 0 fully saturated rings. The van der Waals surface area contributed by atoms with E-state index >= 15 is 0 Å². The first kappa shape index (κ1) is 12.8. The normalized spacial score (nSPS) is 12.2. The van der Waals surface area contributed by atoms with Crippen molar-refractivity contribution in [2.45, 2.75) is 26.8 Å². The van der Waals surface area contributed by atoms with Crippen LogP contribution in [0.1, 0.15) is 32.4 Å². The first-order valence-corrected chi connectivity index (χ1v) is 5.81. The minimum Gasteiger partial charge on any atom is -0.494 e. The Bertz CT molecular complexity index is 346. The Balaban J connectivity index is 3.02. The fraction of sp³-hybridized carbons (Fsp3) is 0.429. The number of nitrogens with one attached hydrogen (secondary N) is 1. The van der Waals surface area contributed by atoms with Gasteiger partial charge in [0.1, 0.15) is 5.75 Å². The highest BCUT2D eigenvalue weighted by atomic mass is 16.5. The van der Waals surface area contributed by atoms with Crippen molar-refractivity contribution in [1.29, 1.82) is 0 Å². The van der Waals surface area contributed by atoms with E-state index < -0.39 is 0 Å². The SMILES string of the molecule is C=C(C)C(NCC)c1ccccc1OCC. The highest BCUT2D eigenvalue weighted by molar-refractivity contribution is 5.39. The summed E-state index contributed by atoms with van der Waals surface area (Å²) in [6, 6.07) is 8.30. The van der Waals surface area contributed by atoms with Gasteiger partial charge in [-0.3, -0.25) is 0 Å². The second kappa shape index (κ2) is 6.33. The van der Waals surface area contributed by atoms with E-state index in [0.29, 0.717) is 6.61 Å². The van der Waals surface area contributed by atoms with Gasteiger partial charge in [0, 0.05) is 5.56 Å². The second-order valence-electron chi connectivity index (χ2n) is 3.81. The van der Waals surface area contributed by atoms with E-state index in [-0.39, 0.29) is 6.04 Å². The van der Waals surface area contributed by atoms with Gasteiger partial charge >= 0.3 is 0 Å². The van der Waals surface area contributed by atoms with Crippen LogP contribution in [-0.4, -0.2) is 13.2 Å². The van der Waals surface area contributed by atoms with Crippen LogP contribution in [0.3, 0.4) is 0 Å². The van der Waals surface area contributed by atoms with Crippen LogP contribution in [-0.2, 0) is 0 Å². The van der Waals surface area contributed by atoms with Crippen molar-refractivity contribution in [3.63, 3.8) is 0 Å². The van der Waals surface area contributed by atoms with Gasteiger partial charge in [0.15, 0.2) is 0 Å². The largest absolute Gasteiger partial charge is 0.494 e. The Morgan fingerprint density at radius 3 is 2.62 bits per heavy atom. The van der Waals surface area contributed by atoms with E-state index in [1.165, 1.54) is 5.56 Å². The molecule has 2 nitrogen and oxygen atoms in total. The fourth-order valence-corrected chi connectivity index (χ4v) is 1.76. The predicted molar refractivity (Wildman–Crippen MR) is 68.8 cm³/mol. The topological polar surface area (TPSA) is 21.3 Å². The maximum absolute atomic E-state index is 5.63. The van der Waals surface area contributed by atoms with E-state index in [9.17, 15) is 0 Å². The van der Waals surface area contributed by atoms with Crippen LogP contribution in [0.15, 0.2) is 36.4 Å². The molecular weight excluding hydrogens is 198 g/mol. The monoisotopic (exact) mass is 219 g/mol. The molecule has 2 heteroatoms. The van der Waals surface area contributed by atoms with E-state index in [1.54, 1.807) is 0 Å². The van der Waals surface area contributed by atoms with Gasteiger partial charge in [-0.25, -0.2) is 0 Å². The van der Waals surface area contributed by atoms with Crippen LogP contribution in [0.4, 0.5) is 0 Å². The summed E-state index contributed by atoms with van der Waals surface area (Å²) >= 11 is 0. The fourth-order valence-electron chi connectivity index (χ4n) is 1.76. The molecule has 0 bridgehead atoms. The highest BCUT2D eigenvalue weighted by Crippen LogP contribution is 2.28. The summed E-state index contributed by atoms with van der Waals surface area (Å²) in [6.45, 7) is 11.8. The van der Waals surface area contributed by atoms with Gasteiger partial charge in [0.2, 0.25) is 0 Å². The molecule has 1 aromatic carbocycles. The van der Waals surface area contributed by atoms with E-state index in [2.05, 4.69) is 24.9 Å². The third-order valence-electron chi connectivity index (χ3n) is 2.43.